The van der Waals surface area contributed by atoms with Gasteiger partial charge in [0.2, 0.25) is 5.91 Å². The summed E-state index contributed by atoms with van der Waals surface area (Å²) in [6.45, 7) is 4.03. The molecule has 0 aliphatic heterocycles. The van der Waals surface area contributed by atoms with Crippen LogP contribution in [0.5, 0.6) is 0 Å². The largest absolute Gasteiger partial charge is 0.321 e. The van der Waals surface area contributed by atoms with Gasteiger partial charge in [0.1, 0.15) is 5.70 Å². The van der Waals surface area contributed by atoms with Crippen LogP contribution in [0.4, 0.5) is 10.8 Å². The highest BCUT2D eigenvalue weighted by Crippen LogP contribution is 2.31. The van der Waals surface area contributed by atoms with Crippen LogP contribution in [-0.2, 0) is 9.59 Å². The molecule has 1 heterocycles. The molecule has 0 aliphatic carbocycles. The van der Waals surface area contributed by atoms with Gasteiger partial charge in [-0.1, -0.05) is 71.8 Å². The fraction of sp³-hybridized carbons (Fsp3) is 0.0857. The van der Waals surface area contributed by atoms with Crippen molar-refractivity contribution in [2.45, 2.75) is 18.7 Å². The van der Waals surface area contributed by atoms with E-state index in [1.165, 1.54) is 28.7 Å². The number of hydrogen-bond acceptors (Lipinski definition) is 6. The maximum atomic E-state index is 13.3. The van der Waals surface area contributed by atoms with Gasteiger partial charge in [-0.25, -0.2) is 4.98 Å². The number of halogens is 1. The van der Waals surface area contributed by atoms with E-state index in [1.54, 1.807) is 66.7 Å². The highest BCUT2D eigenvalue weighted by Gasteiger charge is 2.16. The summed E-state index contributed by atoms with van der Waals surface area (Å²) < 4.78 is 0. The molecule has 0 radical (unpaired) electrons. The number of carbonyl (C=O) groups excluding carboxylic acids is 3. The molecule has 3 amide bonds. The number of aryl methyl sites for hydroxylation is 2. The maximum Gasteiger partial charge on any atom is 0.272 e. The number of nitrogens with zero attached hydrogens (tertiary/aromatic N) is 1. The van der Waals surface area contributed by atoms with E-state index in [0.717, 1.165) is 21.0 Å². The van der Waals surface area contributed by atoms with Crippen LogP contribution >= 0.6 is 34.7 Å². The lowest BCUT2D eigenvalue weighted by molar-refractivity contribution is -0.114. The normalized spacial score (nSPS) is 11.1. The molecule has 45 heavy (non-hydrogen) atoms. The summed E-state index contributed by atoms with van der Waals surface area (Å²) in [6.07, 6.45) is 1.59. The van der Waals surface area contributed by atoms with Crippen molar-refractivity contribution in [1.29, 1.82) is 0 Å². The van der Waals surface area contributed by atoms with E-state index in [9.17, 15) is 14.4 Å². The van der Waals surface area contributed by atoms with Crippen molar-refractivity contribution >= 4 is 69.3 Å². The lowest BCUT2D eigenvalue weighted by Crippen LogP contribution is -2.30. The maximum absolute atomic E-state index is 13.3. The Kier molecular flexibility index (Phi) is 10.5. The van der Waals surface area contributed by atoms with Gasteiger partial charge in [-0.05, 0) is 74.0 Å². The molecule has 226 valence electrons. The van der Waals surface area contributed by atoms with Gasteiger partial charge in [0, 0.05) is 31.6 Å². The van der Waals surface area contributed by atoms with Crippen molar-refractivity contribution in [3.8, 4) is 11.3 Å². The van der Waals surface area contributed by atoms with Gasteiger partial charge in [0.25, 0.3) is 11.8 Å². The van der Waals surface area contributed by atoms with E-state index < -0.39 is 11.8 Å². The van der Waals surface area contributed by atoms with Crippen molar-refractivity contribution in [1.82, 2.24) is 10.3 Å². The zero-order chi connectivity index (χ0) is 31.8. The Hall–Kier alpha value is -4.70. The van der Waals surface area contributed by atoms with E-state index in [-0.39, 0.29) is 17.4 Å². The summed E-state index contributed by atoms with van der Waals surface area (Å²) in [7, 11) is 0. The van der Waals surface area contributed by atoms with Crippen LogP contribution < -0.4 is 16.0 Å². The van der Waals surface area contributed by atoms with Crippen LogP contribution in [0.15, 0.2) is 114 Å². The molecule has 0 saturated carbocycles. The molecule has 0 bridgehead atoms. The highest BCUT2D eigenvalue weighted by molar-refractivity contribution is 8.00. The number of hydrogen-bond donors (Lipinski definition) is 3. The number of benzene rings is 4. The molecule has 0 unspecified atom stereocenters. The minimum atomic E-state index is -0.488. The molecular formula is C35H29ClN4O3S2. The van der Waals surface area contributed by atoms with Gasteiger partial charge in [-0.2, -0.15) is 0 Å². The third kappa shape index (κ3) is 8.92. The third-order valence-electron chi connectivity index (χ3n) is 6.56. The first kappa shape index (κ1) is 31.7. The van der Waals surface area contributed by atoms with Crippen molar-refractivity contribution < 1.29 is 14.4 Å². The molecule has 7 nitrogen and oxygen atoms in total. The third-order valence-corrected chi connectivity index (χ3v) is 8.71. The second-order valence-corrected chi connectivity index (χ2v) is 12.7. The average Bonchev–Trinajstić information content (AvgIpc) is 3.41. The van der Waals surface area contributed by atoms with Crippen LogP contribution in [-0.4, -0.2) is 28.5 Å². The highest BCUT2D eigenvalue weighted by atomic mass is 35.5. The van der Waals surface area contributed by atoms with Crippen LogP contribution in [0.3, 0.4) is 0 Å². The molecule has 0 saturated heterocycles. The van der Waals surface area contributed by atoms with Gasteiger partial charge in [-0.15, -0.1) is 23.1 Å². The fourth-order valence-electron chi connectivity index (χ4n) is 4.23. The monoisotopic (exact) mass is 652 g/mol. The zero-order valence-corrected chi connectivity index (χ0v) is 26.9. The minimum Gasteiger partial charge on any atom is -0.321 e. The quantitative estimate of drug-likeness (QED) is 0.104. The predicted molar refractivity (Wildman–Crippen MR) is 185 cm³/mol. The van der Waals surface area contributed by atoms with Crippen LogP contribution in [0.25, 0.3) is 17.3 Å². The summed E-state index contributed by atoms with van der Waals surface area (Å²) in [5.41, 5.74) is 4.79. The molecule has 4 aromatic carbocycles. The van der Waals surface area contributed by atoms with Gasteiger partial charge >= 0.3 is 0 Å². The Morgan fingerprint density at radius 2 is 1.53 bits per heavy atom. The van der Waals surface area contributed by atoms with Crippen molar-refractivity contribution in [2.24, 2.45) is 0 Å². The van der Waals surface area contributed by atoms with Crippen molar-refractivity contribution in [3.05, 3.63) is 135 Å². The molecule has 0 spiro atoms. The molecule has 3 N–H and O–H groups in total. The Labute approximate surface area is 274 Å². The van der Waals surface area contributed by atoms with Gasteiger partial charge in [0.15, 0.2) is 5.13 Å². The summed E-state index contributed by atoms with van der Waals surface area (Å²) >= 11 is 8.83. The van der Waals surface area contributed by atoms with Crippen LogP contribution in [0, 0.1) is 13.8 Å². The SMILES string of the molecule is Cc1ccc(-c2nc(NC(=O)CSc3ccc(NC(=O)/C(=C/c4ccc(Cl)cc4)NC(=O)c4ccccc4)cc3)sc2C)cc1. The number of thioether (sulfide) groups is 1. The smallest absolute Gasteiger partial charge is 0.272 e. The average molecular weight is 653 g/mol. The van der Waals surface area contributed by atoms with E-state index in [2.05, 4.69) is 20.9 Å². The van der Waals surface area contributed by atoms with E-state index in [4.69, 9.17) is 11.6 Å². The Bertz CT molecular complexity index is 1840. The van der Waals surface area contributed by atoms with E-state index in [1.807, 2.05) is 56.3 Å². The Morgan fingerprint density at radius 1 is 0.844 bits per heavy atom. The Balaban J connectivity index is 1.19. The number of anilines is 2. The summed E-state index contributed by atoms with van der Waals surface area (Å²) in [5.74, 6) is -0.857. The fourth-order valence-corrected chi connectivity index (χ4v) is 5.91. The van der Waals surface area contributed by atoms with E-state index in [0.29, 0.717) is 27.0 Å². The standard InChI is InChI=1S/C35H29ClN4O3S2/c1-22-8-12-25(13-9-22)32-23(2)45-35(40-32)39-31(41)21-44-29-18-16-28(17-19-29)37-34(43)30(20-24-10-14-27(36)15-11-24)38-33(42)26-6-4-3-5-7-26/h3-20H,21H2,1-2H3,(H,37,43)(H,38,42)(H,39,40,41)/b30-20-. The number of amides is 3. The minimum absolute atomic E-state index is 0.0734. The van der Waals surface area contributed by atoms with Gasteiger partial charge in [-0.3, -0.25) is 14.4 Å². The second kappa shape index (κ2) is 14.9. The molecule has 1 aromatic heterocycles. The molecule has 0 aliphatic rings. The van der Waals surface area contributed by atoms with Gasteiger partial charge < -0.3 is 16.0 Å². The number of carbonyl (C=O) groups is 3. The summed E-state index contributed by atoms with van der Waals surface area (Å²) in [6, 6.07) is 30.9. The topological polar surface area (TPSA) is 100 Å². The van der Waals surface area contributed by atoms with Crippen molar-refractivity contribution in [2.75, 3.05) is 16.4 Å². The van der Waals surface area contributed by atoms with E-state index >= 15 is 0 Å². The molecule has 5 aromatic rings. The first-order valence-corrected chi connectivity index (χ1v) is 16.1. The summed E-state index contributed by atoms with van der Waals surface area (Å²) in [5, 5.41) is 9.58. The predicted octanol–water partition coefficient (Wildman–Crippen LogP) is 8.22. The second-order valence-electron chi connectivity index (χ2n) is 10.0. The molecule has 0 fully saturated rings. The lowest BCUT2D eigenvalue weighted by atomic mass is 10.1. The number of aromatic nitrogens is 1. The molecule has 0 atom stereocenters. The number of thiazole rings is 1. The lowest BCUT2D eigenvalue weighted by Gasteiger charge is -2.12. The summed E-state index contributed by atoms with van der Waals surface area (Å²) in [4.78, 5) is 45.3. The van der Waals surface area contributed by atoms with Gasteiger partial charge in [0.05, 0.1) is 11.4 Å². The number of nitrogens with one attached hydrogen (secondary N) is 3. The zero-order valence-electron chi connectivity index (χ0n) is 24.5. The first-order valence-electron chi connectivity index (χ1n) is 14.0. The molecular weight excluding hydrogens is 624 g/mol. The van der Waals surface area contributed by atoms with Crippen LogP contribution in [0.1, 0.15) is 26.4 Å². The molecule has 10 heteroatoms. The van der Waals surface area contributed by atoms with Crippen LogP contribution in [0.2, 0.25) is 5.02 Å². The van der Waals surface area contributed by atoms with Crippen molar-refractivity contribution in [3.63, 3.8) is 0 Å². The number of rotatable bonds is 10. The first-order chi connectivity index (χ1) is 21.7. The molecule has 5 rings (SSSR count). The Morgan fingerprint density at radius 3 is 2.22 bits per heavy atom.